The molecular weight excluding hydrogens is 140 g/mol. The Morgan fingerprint density at radius 1 is 1.55 bits per heavy atom. The highest BCUT2D eigenvalue weighted by Gasteiger charge is 2.18. The molecule has 0 spiro atoms. The molecule has 1 heterocycles. The fourth-order valence-corrected chi connectivity index (χ4v) is 0.975. The van der Waals surface area contributed by atoms with E-state index >= 15 is 0 Å². The SMILES string of the molecule is N#CC1=CC2=NN=NC2C=C1. The molecule has 2 rings (SSSR count). The predicted molar refractivity (Wildman–Crippen MR) is 38.9 cm³/mol. The van der Waals surface area contributed by atoms with E-state index in [0.717, 1.165) is 5.71 Å². The molecule has 2 aliphatic rings. The van der Waals surface area contributed by atoms with Crippen LogP contribution in [0.25, 0.3) is 0 Å². The van der Waals surface area contributed by atoms with Gasteiger partial charge in [-0.3, -0.25) is 0 Å². The van der Waals surface area contributed by atoms with Gasteiger partial charge in [-0.05, 0) is 17.4 Å². The van der Waals surface area contributed by atoms with E-state index in [0.29, 0.717) is 5.57 Å². The first-order chi connectivity index (χ1) is 5.40. The summed E-state index contributed by atoms with van der Waals surface area (Å²) >= 11 is 0. The number of allylic oxidation sites excluding steroid dienone is 2. The molecule has 1 unspecified atom stereocenters. The first-order valence-corrected chi connectivity index (χ1v) is 3.18. The predicted octanol–water partition coefficient (Wildman–Crippen LogP) is 1.20. The van der Waals surface area contributed by atoms with Crippen molar-refractivity contribution in [3.63, 3.8) is 0 Å². The van der Waals surface area contributed by atoms with Crippen molar-refractivity contribution >= 4 is 5.71 Å². The highest BCUT2D eigenvalue weighted by atomic mass is 15.4. The van der Waals surface area contributed by atoms with Crippen molar-refractivity contribution in [1.82, 2.24) is 0 Å². The maximum atomic E-state index is 8.53. The van der Waals surface area contributed by atoms with Gasteiger partial charge in [-0.2, -0.15) is 10.4 Å². The maximum Gasteiger partial charge on any atom is 0.135 e. The van der Waals surface area contributed by atoms with Gasteiger partial charge in [0.1, 0.15) is 6.04 Å². The number of rotatable bonds is 0. The molecule has 0 aromatic rings. The first-order valence-electron chi connectivity index (χ1n) is 3.18. The van der Waals surface area contributed by atoms with Crippen LogP contribution in [-0.4, -0.2) is 11.8 Å². The summed E-state index contributed by atoms with van der Waals surface area (Å²) < 4.78 is 0. The standard InChI is InChI=1S/C7H4N4/c8-4-5-1-2-6-7(3-5)10-11-9-6/h1-3,6H. The Balaban J connectivity index is 2.39. The van der Waals surface area contributed by atoms with Crippen molar-refractivity contribution in [2.24, 2.45) is 15.4 Å². The smallest absolute Gasteiger partial charge is 0.135 e. The molecule has 0 radical (unpaired) electrons. The van der Waals surface area contributed by atoms with Crippen LogP contribution >= 0.6 is 0 Å². The molecule has 0 N–H and O–H groups in total. The van der Waals surface area contributed by atoms with Crippen LogP contribution in [0.1, 0.15) is 0 Å². The van der Waals surface area contributed by atoms with Gasteiger partial charge in [-0.25, -0.2) is 0 Å². The lowest BCUT2D eigenvalue weighted by atomic mass is 10.0. The van der Waals surface area contributed by atoms with E-state index in [4.69, 9.17) is 5.26 Å². The van der Waals surface area contributed by atoms with E-state index in [2.05, 4.69) is 15.4 Å². The van der Waals surface area contributed by atoms with E-state index in [9.17, 15) is 0 Å². The molecule has 1 atom stereocenters. The summed E-state index contributed by atoms with van der Waals surface area (Å²) in [6, 6.07) is 1.98. The quantitative estimate of drug-likeness (QED) is 0.503. The molecule has 0 saturated heterocycles. The molecule has 4 heteroatoms. The molecule has 0 aromatic carbocycles. The van der Waals surface area contributed by atoms with Crippen molar-refractivity contribution in [3.05, 3.63) is 23.8 Å². The summed E-state index contributed by atoms with van der Waals surface area (Å²) in [7, 11) is 0. The fourth-order valence-electron chi connectivity index (χ4n) is 0.975. The molecule has 0 fully saturated rings. The summed E-state index contributed by atoms with van der Waals surface area (Å²) in [5, 5.41) is 19.6. The van der Waals surface area contributed by atoms with Crippen molar-refractivity contribution in [3.8, 4) is 6.07 Å². The monoisotopic (exact) mass is 144 g/mol. The lowest BCUT2D eigenvalue weighted by Crippen LogP contribution is -2.13. The summed E-state index contributed by atoms with van der Waals surface area (Å²) in [4.78, 5) is 0. The van der Waals surface area contributed by atoms with E-state index in [1.807, 2.05) is 12.1 Å². The molecule has 52 valence electrons. The third kappa shape index (κ3) is 0.867. The lowest BCUT2D eigenvalue weighted by molar-refractivity contribution is 0.973. The van der Waals surface area contributed by atoms with E-state index < -0.39 is 0 Å². The minimum Gasteiger partial charge on any atom is -0.192 e. The topological polar surface area (TPSA) is 60.9 Å². The van der Waals surface area contributed by atoms with Crippen molar-refractivity contribution < 1.29 is 0 Å². The Hall–Kier alpha value is -1.76. The summed E-state index contributed by atoms with van der Waals surface area (Å²) in [6.45, 7) is 0. The molecule has 0 saturated carbocycles. The Kier molecular flexibility index (Phi) is 1.16. The highest BCUT2D eigenvalue weighted by molar-refractivity contribution is 6.03. The van der Waals surface area contributed by atoms with Crippen molar-refractivity contribution in [1.29, 1.82) is 5.26 Å². The van der Waals surface area contributed by atoms with Gasteiger partial charge in [-0.15, -0.1) is 5.10 Å². The molecule has 0 amide bonds. The first kappa shape index (κ1) is 5.98. The maximum absolute atomic E-state index is 8.53. The zero-order chi connectivity index (χ0) is 7.68. The van der Waals surface area contributed by atoms with Gasteiger partial charge in [0.2, 0.25) is 0 Å². The van der Waals surface area contributed by atoms with Crippen LogP contribution in [0.3, 0.4) is 0 Å². The van der Waals surface area contributed by atoms with Crippen molar-refractivity contribution in [2.45, 2.75) is 6.04 Å². The Bertz CT molecular complexity index is 340. The lowest BCUT2D eigenvalue weighted by Gasteiger charge is -2.03. The molecule has 4 nitrogen and oxygen atoms in total. The van der Waals surface area contributed by atoms with Crippen molar-refractivity contribution in [2.75, 3.05) is 0 Å². The van der Waals surface area contributed by atoms with Gasteiger partial charge < -0.3 is 0 Å². The van der Waals surface area contributed by atoms with Gasteiger partial charge in [0, 0.05) is 0 Å². The summed E-state index contributed by atoms with van der Waals surface area (Å²) in [5.41, 5.74) is 1.36. The average Bonchev–Trinajstić information content (AvgIpc) is 2.50. The zero-order valence-electron chi connectivity index (χ0n) is 5.60. The van der Waals surface area contributed by atoms with Gasteiger partial charge >= 0.3 is 0 Å². The largest absolute Gasteiger partial charge is 0.192 e. The van der Waals surface area contributed by atoms with Gasteiger partial charge in [-0.1, -0.05) is 6.08 Å². The van der Waals surface area contributed by atoms with Crippen LogP contribution < -0.4 is 0 Å². The Labute approximate surface area is 63.2 Å². The van der Waals surface area contributed by atoms with E-state index in [-0.39, 0.29) is 6.04 Å². The third-order valence-corrected chi connectivity index (χ3v) is 1.53. The summed E-state index contributed by atoms with van der Waals surface area (Å²) in [6.07, 6.45) is 5.24. The van der Waals surface area contributed by atoms with Crippen LogP contribution in [-0.2, 0) is 0 Å². The second-order valence-corrected chi connectivity index (χ2v) is 2.25. The van der Waals surface area contributed by atoms with E-state index in [1.54, 1.807) is 12.2 Å². The minimum atomic E-state index is -0.0490. The molecular formula is C7H4N4. The normalized spacial score (nSPS) is 25.5. The number of fused-ring (bicyclic) bond motifs is 1. The second-order valence-electron chi connectivity index (χ2n) is 2.25. The van der Waals surface area contributed by atoms with Crippen LogP contribution in [0, 0.1) is 11.3 Å². The van der Waals surface area contributed by atoms with Gasteiger partial charge in [0.15, 0.2) is 0 Å². The van der Waals surface area contributed by atoms with Crippen LogP contribution in [0.15, 0.2) is 39.2 Å². The summed E-state index contributed by atoms with van der Waals surface area (Å²) in [5.74, 6) is 0. The number of nitrogens with zero attached hydrogens (tertiary/aromatic N) is 4. The zero-order valence-corrected chi connectivity index (χ0v) is 5.60. The number of hydrogen-bond donors (Lipinski definition) is 0. The second kappa shape index (κ2) is 2.13. The Morgan fingerprint density at radius 3 is 3.27 bits per heavy atom. The Morgan fingerprint density at radius 2 is 2.45 bits per heavy atom. The third-order valence-electron chi connectivity index (χ3n) is 1.53. The van der Waals surface area contributed by atoms with Crippen LogP contribution in [0.4, 0.5) is 0 Å². The fraction of sp³-hybridized carbons (Fsp3) is 0.143. The molecule has 1 aliphatic carbocycles. The minimum absolute atomic E-state index is 0.0490. The number of nitriles is 1. The van der Waals surface area contributed by atoms with Crippen LogP contribution in [0.2, 0.25) is 0 Å². The van der Waals surface area contributed by atoms with E-state index in [1.165, 1.54) is 0 Å². The average molecular weight is 144 g/mol. The number of hydrogen-bond acceptors (Lipinski definition) is 4. The highest BCUT2D eigenvalue weighted by Crippen LogP contribution is 2.15. The molecule has 1 aliphatic heterocycles. The molecule has 0 bridgehead atoms. The van der Waals surface area contributed by atoms with Crippen LogP contribution in [0.5, 0.6) is 0 Å². The molecule has 0 aromatic heterocycles. The van der Waals surface area contributed by atoms with Gasteiger partial charge in [0.05, 0.1) is 17.4 Å². The van der Waals surface area contributed by atoms with Gasteiger partial charge in [0.25, 0.3) is 0 Å². The molecule has 11 heavy (non-hydrogen) atoms.